The van der Waals surface area contributed by atoms with E-state index < -0.39 is 0 Å². The molecule has 0 spiro atoms. The molecule has 0 atom stereocenters. The quantitative estimate of drug-likeness (QED) is 0.567. The largest absolute Gasteiger partial charge is 0.399 e. The molecule has 1 heterocycles. The van der Waals surface area contributed by atoms with Crippen LogP contribution in [0.2, 0.25) is 0 Å². The molecule has 1 aromatic carbocycles. The third kappa shape index (κ3) is 4.12. The zero-order valence-corrected chi connectivity index (χ0v) is 12.4. The summed E-state index contributed by atoms with van der Waals surface area (Å²) in [4.78, 5) is 4.47. The van der Waals surface area contributed by atoms with E-state index in [1.54, 1.807) is 0 Å². The van der Waals surface area contributed by atoms with Crippen molar-refractivity contribution in [2.75, 3.05) is 5.73 Å². The highest BCUT2D eigenvalue weighted by Crippen LogP contribution is 2.19. The predicted molar refractivity (Wildman–Crippen MR) is 85.5 cm³/mol. The minimum absolute atomic E-state index is 0.794. The first-order valence-electron chi connectivity index (χ1n) is 7.68. The SMILES string of the molecule is CCCCCCCCn1ccnc1-c1ccc(N)cc1. The van der Waals surface area contributed by atoms with Crippen LogP contribution in [0.5, 0.6) is 0 Å². The summed E-state index contributed by atoms with van der Waals surface area (Å²) in [5, 5.41) is 0. The molecule has 1 aromatic heterocycles. The van der Waals surface area contributed by atoms with Crippen molar-refractivity contribution >= 4 is 5.69 Å². The Morgan fingerprint density at radius 3 is 2.45 bits per heavy atom. The van der Waals surface area contributed by atoms with Gasteiger partial charge in [0.2, 0.25) is 0 Å². The summed E-state index contributed by atoms with van der Waals surface area (Å²) >= 11 is 0. The van der Waals surface area contributed by atoms with Gasteiger partial charge in [0.1, 0.15) is 5.82 Å². The molecule has 108 valence electrons. The molecule has 0 aliphatic carbocycles. The van der Waals surface area contributed by atoms with Gasteiger partial charge in [-0.05, 0) is 30.7 Å². The number of hydrogen-bond donors (Lipinski definition) is 1. The van der Waals surface area contributed by atoms with E-state index in [1.165, 1.54) is 38.5 Å². The number of nitrogens with two attached hydrogens (primary N) is 1. The minimum atomic E-state index is 0.794. The Balaban J connectivity index is 1.87. The highest BCUT2D eigenvalue weighted by molar-refractivity contribution is 5.59. The van der Waals surface area contributed by atoms with E-state index >= 15 is 0 Å². The fourth-order valence-electron chi connectivity index (χ4n) is 2.44. The van der Waals surface area contributed by atoms with Crippen LogP contribution in [-0.4, -0.2) is 9.55 Å². The summed E-state index contributed by atoms with van der Waals surface area (Å²) in [6, 6.07) is 7.93. The first kappa shape index (κ1) is 14.6. The summed E-state index contributed by atoms with van der Waals surface area (Å²) < 4.78 is 2.24. The molecule has 0 aliphatic rings. The normalized spacial score (nSPS) is 10.8. The lowest BCUT2D eigenvalue weighted by atomic mass is 10.1. The van der Waals surface area contributed by atoms with E-state index in [4.69, 9.17) is 5.73 Å². The van der Waals surface area contributed by atoms with Gasteiger partial charge in [-0.15, -0.1) is 0 Å². The van der Waals surface area contributed by atoms with Crippen molar-refractivity contribution in [1.29, 1.82) is 0 Å². The molecule has 3 heteroatoms. The fourth-order valence-corrected chi connectivity index (χ4v) is 2.44. The maximum absolute atomic E-state index is 5.73. The number of nitrogens with zero attached hydrogens (tertiary/aromatic N) is 2. The molecule has 0 bridgehead atoms. The van der Waals surface area contributed by atoms with Gasteiger partial charge >= 0.3 is 0 Å². The van der Waals surface area contributed by atoms with Crippen molar-refractivity contribution in [2.24, 2.45) is 0 Å². The molecule has 0 aliphatic heterocycles. The molecule has 2 rings (SSSR count). The minimum Gasteiger partial charge on any atom is -0.399 e. The predicted octanol–water partition coefficient (Wildman–Crippen LogP) is 4.49. The Kier molecular flexibility index (Phi) is 5.66. The van der Waals surface area contributed by atoms with Crippen LogP contribution in [-0.2, 0) is 6.54 Å². The van der Waals surface area contributed by atoms with E-state index in [2.05, 4.69) is 22.7 Å². The van der Waals surface area contributed by atoms with Crippen LogP contribution in [0.3, 0.4) is 0 Å². The molecule has 0 unspecified atom stereocenters. The average Bonchev–Trinajstić information content (AvgIpc) is 2.92. The molecular weight excluding hydrogens is 246 g/mol. The van der Waals surface area contributed by atoms with Gasteiger partial charge < -0.3 is 10.3 Å². The molecule has 20 heavy (non-hydrogen) atoms. The Labute approximate surface area is 121 Å². The Morgan fingerprint density at radius 1 is 1.00 bits per heavy atom. The summed E-state index contributed by atoms with van der Waals surface area (Å²) in [6.07, 6.45) is 11.9. The maximum Gasteiger partial charge on any atom is 0.139 e. The molecule has 0 amide bonds. The Bertz CT molecular complexity index is 499. The third-order valence-electron chi connectivity index (χ3n) is 3.64. The lowest BCUT2D eigenvalue weighted by Gasteiger charge is -2.08. The molecule has 0 radical (unpaired) electrons. The number of benzene rings is 1. The molecule has 3 nitrogen and oxygen atoms in total. The molecule has 0 fully saturated rings. The average molecular weight is 271 g/mol. The zero-order chi connectivity index (χ0) is 14.2. The van der Waals surface area contributed by atoms with Crippen LogP contribution in [0.25, 0.3) is 11.4 Å². The van der Waals surface area contributed by atoms with Gasteiger partial charge in [0.25, 0.3) is 0 Å². The summed E-state index contributed by atoms with van der Waals surface area (Å²) in [7, 11) is 0. The van der Waals surface area contributed by atoms with Crippen molar-refractivity contribution in [1.82, 2.24) is 9.55 Å². The van der Waals surface area contributed by atoms with Gasteiger partial charge in [0.15, 0.2) is 0 Å². The lowest BCUT2D eigenvalue weighted by molar-refractivity contribution is 0.560. The van der Waals surface area contributed by atoms with Crippen LogP contribution in [0, 0.1) is 0 Å². The van der Waals surface area contributed by atoms with E-state index in [0.717, 1.165) is 23.6 Å². The third-order valence-corrected chi connectivity index (χ3v) is 3.64. The van der Waals surface area contributed by atoms with Gasteiger partial charge in [0, 0.05) is 30.2 Å². The van der Waals surface area contributed by atoms with E-state index in [0.29, 0.717) is 0 Å². The van der Waals surface area contributed by atoms with Gasteiger partial charge in [-0.1, -0.05) is 39.0 Å². The second-order valence-corrected chi connectivity index (χ2v) is 5.33. The number of aryl methyl sites for hydroxylation is 1. The number of nitrogen functional groups attached to an aromatic ring is 1. The smallest absolute Gasteiger partial charge is 0.139 e. The van der Waals surface area contributed by atoms with Crippen LogP contribution in [0.1, 0.15) is 45.4 Å². The van der Waals surface area contributed by atoms with Crippen molar-refractivity contribution in [3.63, 3.8) is 0 Å². The first-order chi connectivity index (χ1) is 9.81. The van der Waals surface area contributed by atoms with E-state index in [-0.39, 0.29) is 0 Å². The van der Waals surface area contributed by atoms with Crippen molar-refractivity contribution in [2.45, 2.75) is 52.0 Å². The number of imidazole rings is 1. The number of aromatic nitrogens is 2. The molecule has 2 aromatic rings. The van der Waals surface area contributed by atoms with Gasteiger partial charge in [-0.25, -0.2) is 4.98 Å². The van der Waals surface area contributed by atoms with Crippen molar-refractivity contribution in [3.05, 3.63) is 36.7 Å². The van der Waals surface area contributed by atoms with Crippen molar-refractivity contribution in [3.8, 4) is 11.4 Å². The van der Waals surface area contributed by atoms with Crippen molar-refractivity contribution < 1.29 is 0 Å². The second kappa shape index (κ2) is 7.73. The van der Waals surface area contributed by atoms with Gasteiger partial charge in [-0.2, -0.15) is 0 Å². The fraction of sp³-hybridized carbons (Fsp3) is 0.471. The number of hydrogen-bond acceptors (Lipinski definition) is 2. The second-order valence-electron chi connectivity index (χ2n) is 5.33. The summed E-state index contributed by atoms with van der Waals surface area (Å²) in [5.74, 6) is 1.04. The molecular formula is C17H25N3. The molecule has 0 saturated heterocycles. The summed E-state index contributed by atoms with van der Waals surface area (Å²) in [5.41, 5.74) is 7.66. The monoisotopic (exact) mass is 271 g/mol. The van der Waals surface area contributed by atoms with Crippen LogP contribution >= 0.6 is 0 Å². The van der Waals surface area contributed by atoms with E-state index in [9.17, 15) is 0 Å². The van der Waals surface area contributed by atoms with Gasteiger partial charge in [-0.3, -0.25) is 0 Å². The first-order valence-corrected chi connectivity index (χ1v) is 7.68. The molecule has 2 N–H and O–H groups in total. The maximum atomic E-state index is 5.73. The van der Waals surface area contributed by atoms with Crippen LogP contribution < -0.4 is 5.73 Å². The standard InChI is InChI=1S/C17H25N3/c1-2-3-4-5-6-7-13-20-14-12-19-17(20)15-8-10-16(18)11-9-15/h8-12,14H,2-7,13,18H2,1H3. The van der Waals surface area contributed by atoms with Crippen LogP contribution in [0.4, 0.5) is 5.69 Å². The zero-order valence-electron chi connectivity index (χ0n) is 12.4. The highest BCUT2D eigenvalue weighted by Gasteiger charge is 2.05. The number of anilines is 1. The van der Waals surface area contributed by atoms with Crippen LogP contribution in [0.15, 0.2) is 36.7 Å². The number of rotatable bonds is 8. The van der Waals surface area contributed by atoms with E-state index in [1.807, 2.05) is 30.5 Å². The Hall–Kier alpha value is -1.77. The highest BCUT2D eigenvalue weighted by atomic mass is 15.1. The molecule has 0 saturated carbocycles. The summed E-state index contributed by atoms with van der Waals surface area (Å²) in [6.45, 7) is 3.30. The topological polar surface area (TPSA) is 43.8 Å². The van der Waals surface area contributed by atoms with Gasteiger partial charge in [0.05, 0.1) is 0 Å². The lowest BCUT2D eigenvalue weighted by Crippen LogP contribution is -2.00. The number of unbranched alkanes of at least 4 members (excludes halogenated alkanes) is 5. The Morgan fingerprint density at radius 2 is 1.70 bits per heavy atom.